The van der Waals surface area contributed by atoms with Crippen LogP contribution in [0, 0.1) is 10.1 Å². The number of nitrogens with one attached hydrogen (secondary N) is 1. The monoisotopic (exact) mass is 292 g/mol. The van der Waals surface area contributed by atoms with Gasteiger partial charge >= 0.3 is 0 Å². The minimum absolute atomic E-state index is 0.0216. The maximum absolute atomic E-state index is 12.2. The molecular formula is C14H20N4O3. The van der Waals surface area contributed by atoms with Crippen molar-refractivity contribution in [2.75, 3.05) is 27.2 Å². The Morgan fingerprint density at radius 3 is 2.76 bits per heavy atom. The minimum atomic E-state index is -0.423. The molecule has 0 aliphatic carbocycles. The lowest BCUT2D eigenvalue weighted by atomic mass is 10.1. The van der Waals surface area contributed by atoms with E-state index in [2.05, 4.69) is 5.32 Å². The third kappa shape index (κ3) is 3.37. The van der Waals surface area contributed by atoms with Gasteiger partial charge in [-0.2, -0.15) is 0 Å². The van der Waals surface area contributed by atoms with E-state index in [1.807, 2.05) is 25.9 Å². The first-order chi connectivity index (χ1) is 9.90. The van der Waals surface area contributed by atoms with Gasteiger partial charge in [0.15, 0.2) is 0 Å². The van der Waals surface area contributed by atoms with E-state index < -0.39 is 4.92 Å². The number of hydrogen-bond acceptors (Lipinski definition) is 5. The molecule has 1 amide bonds. The van der Waals surface area contributed by atoms with E-state index in [-0.39, 0.29) is 23.8 Å². The highest BCUT2D eigenvalue weighted by Crippen LogP contribution is 2.27. The molecule has 0 aromatic heterocycles. The maximum Gasteiger partial charge on any atom is 0.269 e. The normalized spacial score (nSPS) is 22.1. The highest BCUT2D eigenvalue weighted by molar-refractivity contribution is 5.84. The zero-order valence-corrected chi connectivity index (χ0v) is 12.4. The van der Waals surface area contributed by atoms with Gasteiger partial charge in [0.25, 0.3) is 5.69 Å². The second kappa shape index (κ2) is 6.19. The van der Waals surface area contributed by atoms with E-state index in [0.29, 0.717) is 6.54 Å². The van der Waals surface area contributed by atoms with Crippen LogP contribution in [-0.4, -0.2) is 53.9 Å². The van der Waals surface area contributed by atoms with Crippen molar-refractivity contribution in [3.8, 4) is 0 Å². The highest BCUT2D eigenvalue weighted by atomic mass is 16.6. The molecule has 1 aromatic carbocycles. The van der Waals surface area contributed by atoms with E-state index >= 15 is 0 Å². The Kier molecular flexibility index (Phi) is 4.54. The predicted molar refractivity (Wildman–Crippen MR) is 78.7 cm³/mol. The molecular weight excluding hydrogens is 272 g/mol. The fourth-order valence-corrected chi connectivity index (χ4v) is 2.41. The smallest absolute Gasteiger partial charge is 0.269 e. The van der Waals surface area contributed by atoms with Crippen LogP contribution in [0.15, 0.2) is 24.3 Å². The second-order valence-electron chi connectivity index (χ2n) is 5.48. The number of nitrogens with zero attached hydrogens (tertiary/aromatic N) is 3. The number of nitro groups is 1. The van der Waals surface area contributed by atoms with Crippen LogP contribution >= 0.6 is 0 Å². The van der Waals surface area contributed by atoms with Crippen LogP contribution in [0.1, 0.15) is 18.7 Å². The number of amides is 1. The molecule has 1 aromatic rings. The third-order valence-corrected chi connectivity index (χ3v) is 3.56. The van der Waals surface area contributed by atoms with Gasteiger partial charge in [-0.25, -0.2) is 0 Å². The zero-order chi connectivity index (χ0) is 15.6. The molecule has 1 saturated heterocycles. The Balaban J connectivity index is 2.25. The summed E-state index contributed by atoms with van der Waals surface area (Å²) >= 11 is 0. The van der Waals surface area contributed by atoms with Gasteiger partial charge < -0.3 is 9.80 Å². The average molecular weight is 292 g/mol. The van der Waals surface area contributed by atoms with Crippen LogP contribution in [0.4, 0.5) is 5.69 Å². The van der Waals surface area contributed by atoms with E-state index in [1.54, 1.807) is 17.0 Å². The van der Waals surface area contributed by atoms with Crippen molar-refractivity contribution in [2.45, 2.75) is 19.1 Å². The summed E-state index contributed by atoms with van der Waals surface area (Å²) in [4.78, 5) is 26.4. The van der Waals surface area contributed by atoms with Gasteiger partial charge in [-0.1, -0.05) is 12.1 Å². The second-order valence-corrected chi connectivity index (χ2v) is 5.48. The largest absolute Gasteiger partial charge is 0.320 e. The van der Waals surface area contributed by atoms with Gasteiger partial charge in [-0.05, 0) is 26.6 Å². The Morgan fingerprint density at radius 2 is 2.14 bits per heavy atom. The molecule has 1 aliphatic rings. The standard InChI is InChI=1S/C14H20N4O3/c1-10-14(19)17(8-7-16(2)3)13(15-10)11-5-4-6-12(9-11)18(20)21/h4-6,9-10,13,15H,7-8H2,1-3H3. The van der Waals surface area contributed by atoms with Crippen LogP contribution in [0.25, 0.3) is 0 Å². The summed E-state index contributed by atoms with van der Waals surface area (Å²) in [7, 11) is 3.89. The quantitative estimate of drug-likeness (QED) is 0.646. The molecule has 114 valence electrons. The summed E-state index contributed by atoms with van der Waals surface area (Å²) in [5.41, 5.74) is 0.773. The molecule has 7 heteroatoms. The topological polar surface area (TPSA) is 78.7 Å². The lowest BCUT2D eigenvalue weighted by molar-refractivity contribution is -0.385. The fourth-order valence-electron chi connectivity index (χ4n) is 2.41. The summed E-state index contributed by atoms with van der Waals surface area (Å²) in [6.07, 6.45) is -0.313. The Bertz CT molecular complexity index is 547. The number of nitro benzene ring substituents is 1. The van der Waals surface area contributed by atoms with Gasteiger partial charge in [0, 0.05) is 25.2 Å². The summed E-state index contributed by atoms with van der Waals surface area (Å²) < 4.78 is 0. The van der Waals surface area contributed by atoms with Gasteiger partial charge in [0.05, 0.1) is 11.0 Å². The number of rotatable bonds is 5. The van der Waals surface area contributed by atoms with Crippen LogP contribution in [-0.2, 0) is 4.79 Å². The minimum Gasteiger partial charge on any atom is -0.320 e. The van der Waals surface area contributed by atoms with Crippen molar-refractivity contribution >= 4 is 11.6 Å². The maximum atomic E-state index is 12.2. The van der Waals surface area contributed by atoms with E-state index in [9.17, 15) is 14.9 Å². The number of benzene rings is 1. The molecule has 2 rings (SSSR count). The van der Waals surface area contributed by atoms with E-state index in [1.165, 1.54) is 12.1 Å². The van der Waals surface area contributed by atoms with Crippen LogP contribution < -0.4 is 5.32 Å². The first-order valence-corrected chi connectivity index (χ1v) is 6.85. The molecule has 0 radical (unpaired) electrons. The summed E-state index contributed by atoms with van der Waals surface area (Å²) in [5.74, 6) is 0.0216. The summed E-state index contributed by atoms with van der Waals surface area (Å²) in [6.45, 7) is 3.13. The molecule has 21 heavy (non-hydrogen) atoms. The van der Waals surface area contributed by atoms with Gasteiger partial charge in [0.1, 0.15) is 6.17 Å². The molecule has 2 atom stereocenters. The van der Waals surface area contributed by atoms with Crippen molar-refractivity contribution in [3.63, 3.8) is 0 Å². The molecule has 1 fully saturated rings. The number of carbonyl (C=O) groups excluding carboxylic acids is 1. The lowest BCUT2D eigenvalue weighted by Crippen LogP contribution is -2.36. The number of carbonyl (C=O) groups is 1. The molecule has 0 bridgehead atoms. The van der Waals surface area contributed by atoms with Crippen molar-refractivity contribution in [3.05, 3.63) is 39.9 Å². The first-order valence-electron chi connectivity index (χ1n) is 6.85. The Hall–Kier alpha value is -1.99. The molecule has 7 nitrogen and oxygen atoms in total. The number of likely N-dealkylation sites (N-methyl/N-ethyl adjacent to an activating group) is 1. The molecule has 1 N–H and O–H groups in total. The lowest BCUT2D eigenvalue weighted by Gasteiger charge is -2.25. The molecule has 0 saturated carbocycles. The SMILES string of the molecule is CC1NC(c2cccc([N+](=O)[O-])c2)N(CCN(C)C)C1=O. The van der Waals surface area contributed by atoms with Crippen molar-refractivity contribution in [1.82, 2.24) is 15.1 Å². The Labute approximate surface area is 123 Å². The van der Waals surface area contributed by atoms with Gasteiger partial charge in [0.2, 0.25) is 5.91 Å². The summed E-state index contributed by atoms with van der Waals surface area (Å²) in [6, 6.07) is 6.14. The third-order valence-electron chi connectivity index (χ3n) is 3.56. The first kappa shape index (κ1) is 15.4. The van der Waals surface area contributed by atoms with Crippen molar-refractivity contribution in [2.24, 2.45) is 0 Å². The van der Waals surface area contributed by atoms with Gasteiger partial charge in [-0.3, -0.25) is 20.2 Å². The molecule has 1 heterocycles. The van der Waals surface area contributed by atoms with Crippen molar-refractivity contribution in [1.29, 1.82) is 0 Å². The van der Waals surface area contributed by atoms with E-state index in [0.717, 1.165) is 12.1 Å². The van der Waals surface area contributed by atoms with Crippen molar-refractivity contribution < 1.29 is 9.72 Å². The average Bonchev–Trinajstić information content (AvgIpc) is 2.72. The van der Waals surface area contributed by atoms with Gasteiger partial charge in [-0.15, -0.1) is 0 Å². The van der Waals surface area contributed by atoms with Crippen LogP contribution in [0.2, 0.25) is 0 Å². The predicted octanol–water partition coefficient (Wildman–Crippen LogP) is 0.975. The number of hydrogen-bond donors (Lipinski definition) is 1. The van der Waals surface area contributed by atoms with Crippen LogP contribution in [0.3, 0.4) is 0 Å². The fraction of sp³-hybridized carbons (Fsp3) is 0.500. The highest BCUT2D eigenvalue weighted by Gasteiger charge is 2.37. The van der Waals surface area contributed by atoms with Crippen LogP contribution in [0.5, 0.6) is 0 Å². The molecule has 1 aliphatic heterocycles. The zero-order valence-electron chi connectivity index (χ0n) is 12.4. The molecule has 0 spiro atoms. The molecule has 2 unspecified atom stereocenters. The summed E-state index contributed by atoms with van der Waals surface area (Å²) in [5, 5.41) is 14.1. The number of non-ortho nitro benzene ring substituents is 1. The Morgan fingerprint density at radius 1 is 1.43 bits per heavy atom. The van der Waals surface area contributed by atoms with E-state index in [4.69, 9.17) is 0 Å².